The summed E-state index contributed by atoms with van der Waals surface area (Å²) >= 11 is 0. The van der Waals surface area contributed by atoms with Gasteiger partial charge < -0.3 is 16.2 Å². The van der Waals surface area contributed by atoms with Gasteiger partial charge in [0.15, 0.2) is 5.96 Å². The number of nitrogens with zero attached hydrogens (tertiary/aromatic N) is 1. The molecule has 0 rings (SSSR count). The molecule has 0 fully saturated rings. The highest BCUT2D eigenvalue weighted by atomic mass is 127. The Morgan fingerprint density at radius 1 is 1.19 bits per heavy atom. The average molecular weight is 343 g/mol. The Balaban J connectivity index is 0. The van der Waals surface area contributed by atoms with Crippen molar-refractivity contribution in [1.29, 1.82) is 0 Å². The molecule has 0 amide bonds. The second-order valence-corrected chi connectivity index (χ2v) is 3.69. The predicted molar refractivity (Wildman–Crippen MR) is 80.4 cm³/mol. The Hall–Kier alpha value is -0.0400. The normalized spacial score (nSPS) is 11.0. The maximum absolute atomic E-state index is 8.57. The lowest BCUT2D eigenvalue weighted by atomic mass is 10.2. The predicted octanol–water partition coefficient (Wildman–Crippen LogP) is 1.86. The Morgan fingerprint density at radius 3 is 2.50 bits per heavy atom. The molecule has 0 radical (unpaired) electrons. The van der Waals surface area contributed by atoms with Crippen LogP contribution in [-0.4, -0.2) is 30.8 Å². The molecule has 0 aliphatic heterocycles. The van der Waals surface area contributed by atoms with E-state index < -0.39 is 0 Å². The summed E-state index contributed by atoms with van der Waals surface area (Å²) in [6.07, 6.45) is 6.44. The number of aliphatic imine (C=N–C) groups is 1. The monoisotopic (exact) mass is 343 g/mol. The molecule has 98 valence electrons. The van der Waals surface area contributed by atoms with Crippen LogP contribution in [0.1, 0.15) is 45.4 Å². The molecule has 0 heterocycles. The number of rotatable bonds is 9. The van der Waals surface area contributed by atoms with Gasteiger partial charge in [-0.05, 0) is 19.3 Å². The van der Waals surface area contributed by atoms with Crippen molar-refractivity contribution in [1.82, 2.24) is 5.32 Å². The first-order chi connectivity index (χ1) is 7.31. The molecule has 0 aliphatic rings. The van der Waals surface area contributed by atoms with Gasteiger partial charge in [0.2, 0.25) is 0 Å². The van der Waals surface area contributed by atoms with Gasteiger partial charge in [-0.2, -0.15) is 0 Å². The minimum Gasteiger partial charge on any atom is -0.396 e. The van der Waals surface area contributed by atoms with Gasteiger partial charge in [-0.25, -0.2) is 0 Å². The number of nitrogens with one attached hydrogen (secondary N) is 1. The molecule has 0 aromatic heterocycles. The number of hydrogen-bond donors (Lipinski definition) is 3. The molecule has 5 heteroatoms. The number of aliphatic hydroxyl groups is 1. The van der Waals surface area contributed by atoms with Crippen LogP contribution in [0.2, 0.25) is 0 Å². The van der Waals surface area contributed by atoms with Crippen molar-refractivity contribution in [2.75, 3.05) is 19.7 Å². The molecule has 4 nitrogen and oxygen atoms in total. The topological polar surface area (TPSA) is 70.6 Å². The zero-order valence-corrected chi connectivity index (χ0v) is 12.6. The summed E-state index contributed by atoms with van der Waals surface area (Å²) in [6.45, 7) is 4.15. The molecule has 0 atom stereocenters. The lowest BCUT2D eigenvalue weighted by Gasteiger charge is -2.04. The molecule has 4 N–H and O–H groups in total. The van der Waals surface area contributed by atoms with E-state index in [2.05, 4.69) is 17.2 Å². The molecule has 0 saturated carbocycles. The van der Waals surface area contributed by atoms with Crippen molar-refractivity contribution in [2.45, 2.75) is 45.4 Å². The van der Waals surface area contributed by atoms with Crippen LogP contribution in [-0.2, 0) is 0 Å². The first kappa shape index (κ1) is 18.3. The molecular weight excluding hydrogens is 317 g/mol. The molecule has 16 heavy (non-hydrogen) atoms. The van der Waals surface area contributed by atoms with E-state index in [0.29, 0.717) is 12.6 Å². The zero-order chi connectivity index (χ0) is 11.4. The van der Waals surface area contributed by atoms with Gasteiger partial charge in [-0.3, -0.25) is 4.99 Å². The summed E-state index contributed by atoms with van der Waals surface area (Å²) in [4.78, 5) is 4.21. The number of aliphatic hydroxyl groups excluding tert-OH is 1. The van der Waals surface area contributed by atoms with Gasteiger partial charge in [-0.15, -0.1) is 24.0 Å². The van der Waals surface area contributed by atoms with Crippen LogP contribution in [0.3, 0.4) is 0 Å². The first-order valence-corrected chi connectivity index (χ1v) is 5.96. The van der Waals surface area contributed by atoms with Gasteiger partial charge >= 0.3 is 0 Å². The van der Waals surface area contributed by atoms with Crippen LogP contribution < -0.4 is 11.1 Å². The highest BCUT2D eigenvalue weighted by Crippen LogP contribution is 1.98. The van der Waals surface area contributed by atoms with Gasteiger partial charge in [-0.1, -0.05) is 26.2 Å². The van der Waals surface area contributed by atoms with Gasteiger partial charge in [0.25, 0.3) is 0 Å². The second-order valence-electron chi connectivity index (χ2n) is 3.69. The van der Waals surface area contributed by atoms with Crippen molar-refractivity contribution in [3.05, 3.63) is 0 Å². The fraction of sp³-hybridized carbons (Fsp3) is 0.909. The average Bonchev–Trinajstić information content (AvgIpc) is 2.23. The van der Waals surface area contributed by atoms with E-state index in [-0.39, 0.29) is 24.0 Å². The highest BCUT2D eigenvalue weighted by Gasteiger charge is 1.91. The summed E-state index contributed by atoms with van der Waals surface area (Å²) < 4.78 is 0. The lowest BCUT2D eigenvalue weighted by molar-refractivity contribution is 0.282. The molecule has 0 aromatic carbocycles. The van der Waals surface area contributed by atoms with Crippen molar-refractivity contribution in [2.24, 2.45) is 10.7 Å². The quantitative estimate of drug-likeness (QED) is 0.259. The summed E-state index contributed by atoms with van der Waals surface area (Å²) in [7, 11) is 0. The minimum atomic E-state index is 0. The maximum atomic E-state index is 8.57. The summed E-state index contributed by atoms with van der Waals surface area (Å²) in [5.41, 5.74) is 5.65. The standard InChI is InChI=1S/C11H25N3O.HI/c1-2-3-8-13-11(12)14-9-6-4-5-7-10-15;/h15H,2-10H2,1H3,(H3,12,13,14);1H. The zero-order valence-electron chi connectivity index (χ0n) is 10.2. The number of halogens is 1. The lowest BCUT2D eigenvalue weighted by Crippen LogP contribution is -2.32. The minimum absolute atomic E-state index is 0. The molecule has 0 aromatic rings. The van der Waals surface area contributed by atoms with Crippen LogP contribution in [0.25, 0.3) is 0 Å². The summed E-state index contributed by atoms with van der Waals surface area (Å²) in [6, 6.07) is 0. The molecule has 0 spiro atoms. The SMILES string of the molecule is CCCCNC(N)=NCCCCCCO.I. The Labute approximate surface area is 116 Å². The van der Waals surface area contributed by atoms with E-state index in [4.69, 9.17) is 10.8 Å². The third kappa shape index (κ3) is 14.0. The van der Waals surface area contributed by atoms with Gasteiger partial charge in [0.1, 0.15) is 0 Å². The molecule has 0 aliphatic carbocycles. The molecular formula is C11H26IN3O. The maximum Gasteiger partial charge on any atom is 0.188 e. The number of hydrogen-bond acceptors (Lipinski definition) is 2. The van der Waals surface area contributed by atoms with Crippen molar-refractivity contribution in [3.63, 3.8) is 0 Å². The smallest absolute Gasteiger partial charge is 0.188 e. The van der Waals surface area contributed by atoms with Crippen molar-refractivity contribution < 1.29 is 5.11 Å². The fourth-order valence-electron chi connectivity index (χ4n) is 1.23. The van der Waals surface area contributed by atoms with E-state index in [0.717, 1.165) is 45.2 Å². The van der Waals surface area contributed by atoms with Crippen LogP contribution in [0.4, 0.5) is 0 Å². The second kappa shape index (κ2) is 15.0. The third-order valence-electron chi connectivity index (χ3n) is 2.18. The van der Waals surface area contributed by atoms with Gasteiger partial charge in [0.05, 0.1) is 0 Å². The summed E-state index contributed by atoms with van der Waals surface area (Å²) in [5, 5.41) is 11.6. The van der Waals surface area contributed by atoms with E-state index in [1.807, 2.05) is 0 Å². The van der Waals surface area contributed by atoms with E-state index in [1.165, 1.54) is 6.42 Å². The number of nitrogens with two attached hydrogens (primary N) is 1. The fourth-order valence-corrected chi connectivity index (χ4v) is 1.23. The van der Waals surface area contributed by atoms with Crippen LogP contribution in [0.15, 0.2) is 4.99 Å². The number of guanidine groups is 1. The van der Waals surface area contributed by atoms with Gasteiger partial charge in [0, 0.05) is 19.7 Å². The van der Waals surface area contributed by atoms with Crippen molar-refractivity contribution in [3.8, 4) is 0 Å². The molecule has 0 unspecified atom stereocenters. The molecule has 0 bridgehead atoms. The third-order valence-corrected chi connectivity index (χ3v) is 2.18. The largest absolute Gasteiger partial charge is 0.396 e. The Bertz CT molecular complexity index is 165. The van der Waals surface area contributed by atoms with Crippen LogP contribution in [0.5, 0.6) is 0 Å². The highest BCUT2D eigenvalue weighted by molar-refractivity contribution is 14.0. The summed E-state index contributed by atoms with van der Waals surface area (Å²) in [5.74, 6) is 0.561. The first-order valence-electron chi connectivity index (χ1n) is 5.96. The number of unbranched alkanes of at least 4 members (excludes halogenated alkanes) is 4. The van der Waals surface area contributed by atoms with Crippen LogP contribution in [0, 0.1) is 0 Å². The van der Waals surface area contributed by atoms with E-state index in [1.54, 1.807) is 0 Å². The Morgan fingerprint density at radius 2 is 1.88 bits per heavy atom. The van der Waals surface area contributed by atoms with Crippen molar-refractivity contribution >= 4 is 29.9 Å². The van der Waals surface area contributed by atoms with Crippen LogP contribution >= 0.6 is 24.0 Å². The Kier molecular flexibility index (Phi) is 17.1. The van der Waals surface area contributed by atoms with E-state index >= 15 is 0 Å². The van der Waals surface area contributed by atoms with E-state index in [9.17, 15) is 0 Å². The molecule has 0 saturated heterocycles.